The molecule has 0 saturated heterocycles. The maximum absolute atomic E-state index is 13.5. The average Bonchev–Trinajstić information content (AvgIpc) is 2.96. The maximum atomic E-state index is 13.5. The van der Waals surface area contributed by atoms with Gasteiger partial charge in [-0.1, -0.05) is 19.3 Å². The number of thioether (sulfide) groups is 1. The first-order valence-corrected chi connectivity index (χ1v) is 18.3. The lowest BCUT2D eigenvalue weighted by molar-refractivity contribution is -0.159. The molecule has 0 bridgehead atoms. The van der Waals surface area contributed by atoms with E-state index in [4.69, 9.17) is 14.2 Å². The number of thiol groups is 3. The molecule has 0 atom stereocenters. The van der Waals surface area contributed by atoms with Gasteiger partial charge in [-0.3, -0.25) is 19.2 Å². The second-order valence-electron chi connectivity index (χ2n) is 10.6. The topological polar surface area (TPSA) is 137 Å². The summed E-state index contributed by atoms with van der Waals surface area (Å²) in [7, 11) is 0. The quantitative estimate of drug-likeness (QED) is 0.0486. The lowest BCUT2D eigenvalue weighted by Crippen LogP contribution is -2.49. The predicted molar refractivity (Wildman–Crippen MR) is 180 cm³/mol. The van der Waals surface area contributed by atoms with Gasteiger partial charge in [0.25, 0.3) is 0 Å². The molecule has 0 heterocycles. The third-order valence-corrected chi connectivity index (χ3v) is 8.74. The normalized spacial score (nSPS) is 14.2. The molecule has 10 nitrogen and oxygen atoms in total. The number of nitrogens with one attached hydrogen (secondary N) is 2. The highest BCUT2D eigenvalue weighted by Crippen LogP contribution is 2.28. The van der Waals surface area contributed by atoms with Crippen LogP contribution in [0.25, 0.3) is 0 Å². The number of Topliss-reactive ketones (excluding diaryl/α,β-unsaturated/α-hetero) is 1. The zero-order valence-electron chi connectivity index (χ0n) is 25.1. The minimum Gasteiger partial charge on any atom is -0.464 e. The molecule has 2 N–H and O–H groups in total. The number of amides is 2. The molecule has 0 radical (unpaired) electrons. The van der Waals surface area contributed by atoms with Gasteiger partial charge in [0.1, 0.15) is 30.5 Å². The number of carbonyl (C=O) groups is 5. The summed E-state index contributed by atoms with van der Waals surface area (Å²) in [5, 5.41) is 5.69. The lowest BCUT2D eigenvalue weighted by Gasteiger charge is -2.31. The molecule has 1 fully saturated rings. The Bertz CT molecular complexity index is 786. The van der Waals surface area contributed by atoms with E-state index in [-0.39, 0.29) is 74.8 Å². The van der Waals surface area contributed by atoms with Crippen LogP contribution < -0.4 is 10.6 Å². The van der Waals surface area contributed by atoms with Crippen LogP contribution in [0.15, 0.2) is 0 Å². The fourth-order valence-electron chi connectivity index (χ4n) is 4.44. The van der Waals surface area contributed by atoms with Gasteiger partial charge >= 0.3 is 18.0 Å². The van der Waals surface area contributed by atoms with Crippen LogP contribution in [0.4, 0.5) is 4.79 Å². The Balaban J connectivity index is 2.58. The largest absolute Gasteiger partial charge is 0.464 e. The third-order valence-electron chi connectivity index (χ3n) is 7.00. The van der Waals surface area contributed by atoms with Crippen LogP contribution in [0.1, 0.15) is 83.5 Å². The van der Waals surface area contributed by atoms with E-state index in [0.29, 0.717) is 24.6 Å². The summed E-state index contributed by atoms with van der Waals surface area (Å²) in [6.07, 6.45) is 8.55. The van der Waals surface area contributed by atoms with Gasteiger partial charge in [-0.25, -0.2) is 4.79 Å². The van der Waals surface area contributed by atoms with Gasteiger partial charge in [0.05, 0.1) is 12.8 Å². The van der Waals surface area contributed by atoms with Gasteiger partial charge in [-0.05, 0) is 50.0 Å². The van der Waals surface area contributed by atoms with Crippen LogP contribution in [-0.4, -0.2) is 90.9 Å². The van der Waals surface area contributed by atoms with Crippen LogP contribution in [0.5, 0.6) is 0 Å². The summed E-state index contributed by atoms with van der Waals surface area (Å²) in [4.78, 5) is 62.1. The SMILES string of the molecule is O=C(CCS)CCC(COC(=O)CCS)(COC(=O)CCS)C(=O)NCCSCCCNC(=O)OC1CCCCCCC1. The molecule has 0 unspecified atom stereocenters. The predicted octanol–water partition coefficient (Wildman–Crippen LogP) is 4.45. The first-order valence-electron chi connectivity index (χ1n) is 15.2. The number of alkyl carbamates (subject to hydrolysis) is 1. The lowest BCUT2D eigenvalue weighted by atomic mass is 9.82. The van der Waals surface area contributed by atoms with Crippen molar-refractivity contribution in [2.24, 2.45) is 5.41 Å². The average molecular weight is 683 g/mol. The monoisotopic (exact) mass is 682 g/mol. The van der Waals surface area contributed by atoms with Crippen LogP contribution >= 0.6 is 49.6 Å². The number of esters is 2. The molecule has 1 aliphatic carbocycles. The van der Waals surface area contributed by atoms with Crippen LogP contribution in [0.2, 0.25) is 0 Å². The Labute approximate surface area is 277 Å². The Morgan fingerprint density at radius 3 is 1.88 bits per heavy atom. The molecule has 0 spiro atoms. The Morgan fingerprint density at radius 2 is 1.30 bits per heavy atom. The zero-order chi connectivity index (χ0) is 31.8. The summed E-state index contributed by atoms with van der Waals surface area (Å²) in [5.74, 6) is 0.698. The van der Waals surface area contributed by atoms with Crippen molar-refractivity contribution in [1.29, 1.82) is 0 Å². The molecule has 43 heavy (non-hydrogen) atoms. The minimum absolute atomic E-state index is 0.00420. The summed E-state index contributed by atoms with van der Waals surface area (Å²) in [6.45, 7) is 0.166. The highest BCUT2D eigenvalue weighted by molar-refractivity contribution is 7.99. The molecule has 0 aliphatic heterocycles. The first kappa shape index (κ1) is 39.8. The summed E-state index contributed by atoms with van der Waals surface area (Å²) in [5.41, 5.74) is -1.42. The molecule has 14 heteroatoms. The summed E-state index contributed by atoms with van der Waals surface area (Å²) >= 11 is 13.8. The number of ether oxygens (including phenoxy) is 3. The molecule has 1 saturated carbocycles. The van der Waals surface area contributed by atoms with Gasteiger partial charge in [0.2, 0.25) is 5.91 Å². The van der Waals surface area contributed by atoms with Crippen molar-refractivity contribution >= 4 is 79.4 Å². The third kappa shape index (κ3) is 19.0. The number of rotatable bonds is 22. The second-order valence-corrected chi connectivity index (χ2v) is 13.1. The molecule has 1 rings (SSSR count). The second kappa shape index (κ2) is 25.0. The Hall–Kier alpha value is -1.25. The van der Waals surface area contributed by atoms with Crippen molar-refractivity contribution in [2.45, 2.75) is 89.6 Å². The zero-order valence-corrected chi connectivity index (χ0v) is 28.6. The summed E-state index contributed by atoms with van der Waals surface area (Å²) < 4.78 is 16.3. The van der Waals surface area contributed by atoms with E-state index in [1.54, 1.807) is 11.8 Å². The standard InChI is InChI=1S/C29H50N2O8S4/c32-23(10-16-40)9-13-29(21-37-25(33)11-17-41,22-38-26(34)12-18-42)27(35)30-15-20-43-19-6-14-31-28(36)39-24-7-4-2-1-3-5-8-24/h24,40-42H,1-22H2,(H,30,35)(H,31,36). The van der Waals surface area contributed by atoms with Crippen LogP contribution in [0.3, 0.4) is 0 Å². The Morgan fingerprint density at radius 1 is 0.721 bits per heavy atom. The van der Waals surface area contributed by atoms with E-state index < -0.39 is 23.3 Å². The van der Waals surface area contributed by atoms with E-state index in [1.165, 1.54) is 19.3 Å². The molecule has 0 aromatic carbocycles. The van der Waals surface area contributed by atoms with Crippen molar-refractivity contribution < 1.29 is 38.2 Å². The van der Waals surface area contributed by atoms with Crippen molar-refractivity contribution in [3.8, 4) is 0 Å². The molecule has 248 valence electrons. The van der Waals surface area contributed by atoms with Crippen molar-refractivity contribution in [3.05, 3.63) is 0 Å². The number of carbonyl (C=O) groups excluding carboxylic acids is 5. The van der Waals surface area contributed by atoms with E-state index >= 15 is 0 Å². The van der Waals surface area contributed by atoms with E-state index in [0.717, 1.165) is 37.9 Å². The fraction of sp³-hybridized carbons (Fsp3) is 0.828. The summed E-state index contributed by atoms with van der Waals surface area (Å²) in [6, 6.07) is 0. The van der Waals surface area contributed by atoms with Gasteiger partial charge in [-0.15, -0.1) is 0 Å². The first-order chi connectivity index (χ1) is 20.8. The molecule has 2 amide bonds. The van der Waals surface area contributed by atoms with E-state index in [2.05, 4.69) is 48.5 Å². The molecular weight excluding hydrogens is 633 g/mol. The van der Waals surface area contributed by atoms with Gasteiger partial charge in [0, 0.05) is 43.2 Å². The van der Waals surface area contributed by atoms with Gasteiger partial charge < -0.3 is 24.8 Å². The number of hydrogen-bond acceptors (Lipinski definition) is 12. The van der Waals surface area contributed by atoms with Crippen molar-refractivity contribution in [2.75, 3.05) is 55.1 Å². The fourth-order valence-corrected chi connectivity index (χ4v) is 5.86. The molecule has 1 aliphatic rings. The highest BCUT2D eigenvalue weighted by Gasteiger charge is 2.41. The van der Waals surface area contributed by atoms with Gasteiger partial charge in [-0.2, -0.15) is 49.6 Å². The smallest absolute Gasteiger partial charge is 0.407 e. The number of ketones is 1. The van der Waals surface area contributed by atoms with Crippen LogP contribution in [-0.2, 0) is 33.4 Å². The van der Waals surface area contributed by atoms with Gasteiger partial charge in [0.15, 0.2) is 0 Å². The van der Waals surface area contributed by atoms with Crippen LogP contribution in [0, 0.1) is 5.41 Å². The van der Waals surface area contributed by atoms with Crippen molar-refractivity contribution in [3.63, 3.8) is 0 Å². The maximum Gasteiger partial charge on any atom is 0.407 e. The van der Waals surface area contributed by atoms with Crippen molar-refractivity contribution in [1.82, 2.24) is 10.6 Å². The minimum atomic E-state index is -1.42. The Kier molecular flexibility index (Phi) is 23.1. The van der Waals surface area contributed by atoms with E-state index in [9.17, 15) is 24.0 Å². The molecule has 0 aromatic rings. The molecule has 0 aromatic heterocycles. The number of hydrogen-bond donors (Lipinski definition) is 5. The highest BCUT2D eigenvalue weighted by atomic mass is 32.2. The molecular formula is C29H50N2O8S4. The van der Waals surface area contributed by atoms with E-state index in [1.807, 2.05) is 0 Å².